The van der Waals surface area contributed by atoms with Gasteiger partial charge < -0.3 is 4.74 Å². The Morgan fingerprint density at radius 1 is 1.50 bits per heavy atom. The second-order valence-electron chi connectivity index (χ2n) is 4.39. The summed E-state index contributed by atoms with van der Waals surface area (Å²) in [5.41, 5.74) is 0. The summed E-state index contributed by atoms with van der Waals surface area (Å²) in [7, 11) is -2.15. The van der Waals surface area contributed by atoms with E-state index in [-0.39, 0.29) is 30.6 Å². The first-order valence-corrected chi connectivity index (χ1v) is 7.60. The zero-order valence-corrected chi connectivity index (χ0v) is 11.2. The van der Waals surface area contributed by atoms with E-state index in [1.165, 1.54) is 7.11 Å². The van der Waals surface area contributed by atoms with E-state index < -0.39 is 16.0 Å². The van der Waals surface area contributed by atoms with E-state index >= 15 is 0 Å². The molecule has 18 heavy (non-hydrogen) atoms. The van der Waals surface area contributed by atoms with Crippen molar-refractivity contribution in [2.45, 2.75) is 38.1 Å². The molecule has 0 saturated heterocycles. The number of hydrogen-bond acceptors (Lipinski definition) is 5. The van der Waals surface area contributed by atoms with Crippen molar-refractivity contribution in [2.75, 3.05) is 12.9 Å². The first-order valence-electron chi connectivity index (χ1n) is 5.95. The molecule has 1 aliphatic rings. The molecule has 1 saturated carbocycles. The van der Waals surface area contributed by atoms with Crippen LogP contribution in [0.3, 0.4) is 0 Å². The molecular weight excluding hydrogens is 256 g/mol. The van der Waals surface area contributed by atoms with Gasteiger partial charge in [0.2, 0.25) is 10.0 Å². The van der Waals surface area contributed by atoms with E-state index in [9.17, 15) is 13.2 Å². The highest BCUT2D eigenvalue weighted by Crippen LogP contribution is 2.25. The third-order valence-corrected chi connectivity index (χ3v) is 4.52. The van der Waals surface area contributed by atoms with Crippen LogP contribution in [-0.4, -0.2) is 33.3 Å². The zero-order valence-electron chi connectivity index (χ0n) is 10.4. The number of carbonyl (C=O) groups is 1. The van der Waals surface area contributed by atoms with Gasteiger partial charge in [-0.25, -0.2) is 13.1 Å². The van der Waals surface area contributed by atoms with E-state index in [1.807, 2.05) is 0 Å². The number of nitrogens with one attached hydrogen (secondary N) is 1. The molecule has 0 aromatic heterocycles. The predicted octanol–water partition coefficient (Wildman–Crippen LogP) is 0.551. The minimum absolute atomic E-state index is 0.0871. The molecule has 1 rings (SSSR count). The van der Waals surface area contributed by atoms with Crippen molar-refractivity contribution in [1.82, 2.24) is 4.72 Å². The number of carbonyl (C=O) groups excluding carboxylic acids is 1. The molecule has 0 bridgehead atoms. The molecule has 1 fully saturated rings. The fraction of sp³-hybridized carbons (Fsp3) is 0.818. The van der Waals surface area contributed by atoms with Crippen LogP contribution in [0.4, 0.5) is 0 Å². The summed E-state index contributed by atoms with van der Waals surface area (Å²) in [6.07, 6.45) is 2.63. The molecule has 1 N–H and O–H groups in total. The largest absolute Gasteiger partial charge is 0.469 e. The Hall–Kier alpha value is -1.13. The van der Waals surface area contributed by atoms with Gasteiger partial charge in [0.25, 0.3) is 0 Å². The van der Waals surface area contributed by atoms with E-state index in [1.54, 1.807) is 0 Å². The number of hydrogen-bond donors (Lipinski definition) is 1. The fourth-order valence-electron chi connectivity index (χ4n) is 2.05. The van der Waals surface area contributed by atoms with Crippen LogP contribution in [0.2, 0.25) is 0 Å². The highest BCUT2D eigenvalue weighted by molar-refractivity contribution is 7.89. The standard InChI is InChI=1S/C11H18N2O4S/c1-17-11(14)6-3-7-18(15,16)13-10-5-2-4-9(10)8-12/h9-10,13H,2-7H2,1H3. The average molecular weight is 274 g/mol. The van der Waals surface area contributed by atoms with Gasteiger partial charge in [0.05, 0.1) is 24.8 Å². The highest BCUT2D eigenvalue weighted by atomic mass is 32.2. The topological polar surface area (TPSA) is 96.3 Å². The van der Waals surface area contributed by atoms with Crippen LogP contribution in [0, 0.1) is 17.2 Å². The zero-order chi connectivity index (χ0) is 13.6. The molecule has 102 valence electrons. The maximum Gasteiger partial charge on any atom is 0.305 e. The quantitative estimate of drug-likeness (QED) is 0.713. The average Bonchev–Trinajstić information content (AvgIpc) is 2.74. The SMILES string of the molecule is COC(=O)CCCS(=O)(=O)NC1CCCC1C#N. The second kappa shape index (κ2) is 6.71. The highest BCUT2D eigenvalue weighted by Gasteiger charge is 2.30. The van der Waals surface area contributed by atoms with Crippen molar-refractivity contribution in [2.24, 2.45) is 5.92 Å². The van der Waals surface area contributed by atoms with E-state index in [0.29, 0.717) is 6.42 Å². The van der Waals surface area contributed by atoms with Crippen LogP contribution in [0.1, 0.15) is 32.1 Å². The van der Waals surface area contributed by atoms with Gasteiger partial charge in [-0.2, -0.15) is 5.26 Å². The molecule has 2 unspecified atom stereocenters. The summed E-state index contributed by atoms with van der Waals surface area (Å²) in [5.74, 6) is -0.766. The monoisotopic (exact) mass is 274 g/mol. The molecule has 0 amide bonds. The number of rotatable bonds is 6. The van der Waals surface area contributed by atoms with Gasteiger partial charge in [0.15, 0.2) is 0 Å². The van der Waals surface area contributed by atoms with Gasteiger partial charge >= 0.3 is 5.97 Å². The van der Waals surface area contributed by atoms with Gasteiger partial charge in [0, 0.05) is 12.5 Å². The summed E-state index contributed by atoms with van der Waals surface area (Å²) < 4.78 is 30.5. The number of nitrogens with zero attached hydrogens (tertiary/aromatic N) is 1. The van der Waals surface area contributed by atoms with Crippen molar-refractivity contribution < 1.29 is 17.9 Å². The second-order valence-corrected chi connectivity index (χ2v) is 6.26. The molecule has 0 aromatic rings. The summed E-state index contributed by atoms with van der Waals surface area (Å²) in [4.78, 5) is 10.9. The van der Waals surface area contributed by atoms with Crippen molar-refractivity contribution in [1.29, 1.82) is 5.26 Å². The lowest BCUT2D eigenvalue weighted by molar-refractivity contribution is -0.140. The maximum absolute atomic E-state index is 11.7. The van der Waals surface area contributed by atoms with Crippen LogP contribution >= 0.6 is 0 Å². The van der Waals surface area contributed by atoms with E-state index in [0.717, 1.165) is 12.8 Å². The molecule has 0 aliphatic heterocycles. The van der Waals surface area contributed by atoms with Crippen LogP contribution in [0.5, 0.6) is 0 Å². The molecule has 0 spiro atoms. The van der Waals surface area contributed by atoms with Gasteiger partial charge in [-0.15, -0.1) is 0 Å². The Kier molecular flexibility index (Phi) is 5.56. The van der Waals surface area contributed by atoms with Gasteiger partial charge in [-0.1, -0.05) is 6.42 Å². The molecular formula is C11H18N2O4S. The van der Waals surface area contributed by atoms with Gasteiger partial charge in [0.1, 0.15) is 0 Å². The van der Waals surface area contributed by atoms with Gasteiger partial charge in [-0.05, 0) is 19.3 Å². The van der Waals surface area contributed by atoms with Crippen molar-refractivity contribution in [3.05, 3.63) is 0 Å². The Labute approximate surface area is 107 Å². The van der Waals surface area contributed by atoms with Gasteiger partial charge in [-0.3, -0.25) is 4.79 Å². The summed E-state index contributed by atoms with van der Waals surface area (Å²) >= 11 is 0. The van der Waals surface area contributed by atoms with Crippen LogP contribution in [-0.2, 0) is 19.6 Å². The third kappa shape index (κ3) is 4.63. The van der Waals surface area contributed by atoms with E-state index in [2.05, 4.69) is 15.5 Å². The maximum atomic E-state index is 11.7. The normalized spacial score (nSPS) is 23.6. The summed E-state index contributed by atoms with van der Waals surface area (Å²) in [5, 5.41) is 8.87. The molecule has 7 heteroatoms. The Morgan fingerprint density at radius 3 is 2.83 bits per heavy atom. The third-order valence-electron chi connectivity index (χ3n) is 3.03. The van der Waals surface area contributed by atoms with Crippen LogP contribution in [0.15, 0.2) is 0 Å². The first kappa shape index (κ1) is 14.9. The number of ether oxygens (including phenoxy) is 1. The lowest BCUT2D eigenvalue weighted by atomic mass is 10.1. The van der Waals surface area contributed by atoms with Crippen LogP contribution in [0.25, 0.3) is 0 Å². The molecule has 2 atom stereocenters. The number of esters is 1. The van der Waals surface area contributed by atoms with E-state index in [4.69, 9.17) is 5.26 Å². The van der Waals surface area contributed by atoms with Crippen molar-refractivity contribution in [3.63, 3.8) is 0 Å². The number of sulfonamides is 1. The lowest BCUT2D eigenvalue weighted by Gasteiger charge is -2.15. The molecule has 1 aliphatic carbocycles. The Morgan fingerprint density at radius 2 is 2.22 bits per heavy atom. The molecule has 6 nitrogen and oxygen atoms in total. The first-order chi connectivity index (χ1) is 8.48. The predicted molar refractivity (Wildman–Crippen MR) is 64.9 cm³/mol. The Bertz CT molecular complexity index is 427. The molecule has 0 radical (unpaired) electrons. The number of methoxy groups -OCH3 is 1. The molecule has 0 aromatic carbocycles. The fourth-order valence-corrected chi connectivity index (χ4v) is 3.44. The smallest absolute Gasteiger partial charge is 0.305 e. The molecule has 0 heterocycles. The lowest BCUT2D eigenvalue weighted by Crippen LogP contribution is -2.38. The summed E-state index contributed by atoms with van der Waals surface area (Å²) in [6, 6.07) is 1.84. The minimum atomic E-state index is -3.42. The summed E-state index contributed by atoms with van der Waals surface area (Å²) in [6.45, 7) is 0. The minimum Gasteiger partial charge on any atom is -0.469 e. The van der Waals surface area contributed by atoms with Crippen molar-refractivity contribution in [3.8, 4) is 6.07 Å². The van der Waals surface area contributed by atoms with Crippen molar-refractivity contribution >= 4 is 16.0 Å². The number of nitriles is 1. The van der Waals surface area contributed by atoms with Crippen LogP contribution < -0.4 is 4.72 Å². The Balaban J connectivity index is 2.40.